The van der Waals surface area contributed by atoms with Gasteiger partial charge in [0.2, 0.25) is 0 Å². The summed E-state index contributed by atoms with van der Waals surface area (Å²) in [5, 5.41) is 3.62. The summed E-state index contributed by atoms with van der Waals surface area (Å²) in [7, 11) is 0. The maximum atomic E-state index is 5.79. The summed E-state index contributed by atoms with van der Waals surface area (Å²) < 4.78 is 0. The molecule has 1 unspecified atom stereocenters. The average molecular weight is 262 g/mol. The Morgan fingerprint density at radius 3 is 2.78 bits per heavy atom. The van der Waals surface area contributed by atoms with Crippen molar-refractivity contribution in [1.82, 2.24) is 0 Å². The highest BCUT2D eigenvalue weighted by Gasteiger charge is 2.25. The average Bonchev–Trinajstić information content (AvgIpc) is 3.11. The fourth-order valence-electron chi connectivity index (χ4n) is 2.30. The predicted molar refractivity (Wildman–Crippen MR) is 82.1 cm³/mol. The van der Waals surface area contributed by atoms with Crippen LogP contribution in [0.15, 0.2) is 18.2 Å². The van der Waals surface area contributed by atoms with E-state index in [-0.39, 0.29) is 0 Å². The fourth-order valence-corrected chi connectivity index (χ4v) is 2.47. The van der Waals surface area contributed by atoms with Gasteiger partial charge in [0.1, 0.15) is 4.99 Å². The summed E-state index contributed by atoms with van der Waals surface area (Å²) >= 11 is 5.12. The normalized spacial score (nSPS) is 16.3. The highest BCUT2D eigenvalue weighted by Crippen LogP contribution is 2.35. The second kappa shape index (κ2) is 5.70. The Labute approximate surface area is 115 Å². The van der Waals surface area contributed by atoms with Gasteiger partial charge in [0, 0.05) is 17.3 Å². The molecule has 1 saturated carbocycles. The number of hydrogen-bond donors (Lipinski definition) is 2. The van der Waals surface area contributed by atoms with E-state index in [1.807, 2.05) is 6.07 Å². The van der Waals surface area contributed by atoms with Crippen molar-refractivity contribution in [3.63, 3.8) is 0 Å². The molecule has 0 radical (unpaired) electrons. The zero-order valence-corrected chi connectivity index (χ0v) is 12.0. The number of nitrogens with two attached hydrogens (primary N) is 1. The van der Waals surface area contributed by atoms with Crippen molar-refractivity contribution in [2.24, 2.45) is 11.7 Å². The van der Waals surface area contributed by atoms with E-state index in [1.54, 1.807) is 0 Å². The lowest BCUT2D eigenvalue weighted by atomic mass is 10.0. The fraction of sp³-hybridized carbons (Fsp3) is 0.533. The van der Waals surface area contributed by atoms with Crippen LogP contribution in [0.3, 0.4) is 0 Å². The Morgan fingerprint density at radius 1 is 1.50 bits per heavy atom. The van der Waals surface area contributed by atoms with Crippen molar-refractivity contribution >= 4 is 22.9 Å². The number of rotatable bonds is 6. The van der Waals surface area contributed by atoms with E-state index in [0.29, 0.717) is 11.0 Å². The van der Waals surface area contributed by atoms with Crippen LogP contribution in [0.25, 0.3) is 0 Å². The number of anilines is 1. The van der Waals surface area contributed by atoms with Gasteiger partial charge in [-0.2, -0.15) is 0 Å². The minimum atomic E-state index is 0.471. The summed E-state index contributed by atoms with van der Waals surface area (Å²) in [6.07, 6.45) is 5.20. The summed E-state index contributed by atoms with van der Waals surface area (Å²) in [6, 6.07) is 6.75. The van der Waals surface area contributed by atoms with Gasteiger partial charge < -0.3 is 11.1 Å². The summed E-state index contributed by atoms with van der Waals surface area (Å²) in [4.78, 5) is 0.471. The molecule has 3 heteroatoms. The van der Waals surface area contributed by atoms with Crippen LogP contribution in [0.5, 0.6) is 0 Å². The predicted octanol–water partition coefficient (Wildman–Crippen LogP) is 3.62. The minimum absolute atomic E-state index is 0.471. The molecule has 1 fully saturated rings. The lowest BCUT2D eigenvalue weighted by Gasteiger charge is -2.20. The minimum Gasteiger partial charge on any atom is -0.389 e. The molecule has 3 N–H and O–H groups in total. The number of aryl methyl sites for hydroxylation is 1. The van der Waals surface area contributed by atoms with Crippen molar-refractivity contribution in [3.8, 4) is 0 Å². The first kappa shape index (κ1) is 13.3. The highest BCUT2D eigenvalue weighted by molar-refractivity contribution is 7.80. The summed E-state index contributed by atoms with van der Waals surface area (Å²) in [5.74, 6) is 0.931. The van der Waals surface area contributed by atoms with Crippen LogP contribution in [0.4, 0.5) is 5.69 Å². The molecule has 1 aliphatic carbocycles. The van der Waals surface area contributed by atoms with Crippen molar-refractivity contribution in [2.45, 2.75) is 45.6 Å². The topological polar surface area (TPSA) is 38.0 Å². The maximum Gasteiger partial charge on any atom is 0.106 e. The van der Waals surface area contributed by atoms with Gasteiger partial charge >= 0.3 is 0 Å². The Morgan fingerprint density at radius 2 is 2.22 bits per heavy atom. The van der Waals surface area contributed by atoms with Gasteiger partial charge in [-0.1, -0.05) is 38.0 Å². The molecule has 98 valence electrons. The van der Waals surface area contributed by atoms with Crippen LogP contribution >= 0.6 is 12.2 Å². The molecule has 18 heavy (non-hydrogen) atoms. The monoisotopic (exact) mass is 262 g/mol. The molecule has 1 aromatic rings. The van der Waals surface area contributed by atoms with Crippen molar-refractivity contribution < 1.29 is 0 Å². The maximum absolute atomic E-state index is 5.79. The third-order valence-electron chi connectivity index (χ3n) is 3.61. The van der Waals surface area contributed by atoms with Gasteiger partial charge in [0.25, 0.3) is 0 Å². The van der Waals surface area contributed by atoms with Crippen LogP contribution in [0.1, 0.15) is 43.7 Å². The number of nitrogens with one attached hydrogen (secondary N) is 1. The third-order valence-corrected chi connectivity index (χ3v) is 3.83. The molecular weight excluding hydrogens is 240 g/mol. The van der Waals surface area contributed by atoms with Crippen LogP contribution in [0.2, 0.25) is 0 Å². The molecule has 0 aromatic heterocycles. The number of thiocarbonyl (C=S) groups is 1. The molecule has 1 aliphatic rings. The Kier molecular flexibility index (Phi) is 4.23. The van der Waals surface area contributed by atoms with Gasteiger partial charge in [-0.05, 0) is 43.4 Å². The molecule has 0 bridgehead atoms. The first-order valence-electron chi connectivity index (χ1n) is 6.77. The molecule has 0 aliphatic heterocycles. The molecule has 1 atom stereocenters. The SMILES string of the molecule is CCC(CC1CC1)Nc1cc(C)ccc1C(N)=S. The molecular formula is C15H22N2S. The highest BCUT2D eigenvalue weighted by atomic mass is 32.1. The Hall–Kier alpha value is -1.09. The third kappa shape index (κ3) is 3.45. The van der Waals surface area contributed by atoms with Crippen LogP contribution in [0, 0.1) is 12.8 Å². The molecule has 0 spiro atoms. The zero-order valence-electron chi connectivity index (χ0n) is 11.2. The van der Waals surface area contributed by atoms with E-state index < -0.39 is 0 Å². The van der Waals surface area contributed by atoms with Gasteiger partial charge in [-0.3, -0.25) is 0 Å². The molecule has 1 aromatic carbocycles. The van der Waals surface area contributed by atoms with Crippen molar-refractivity contribution in [1.29, 1.82) is 0 Å². The van der Waals surface area contributed by atoms with Gasteiger partial charge in [-0.15, -0.1) is 0 Å². The Bertz CT molecular complexity index is 438. The molecule has 0 heterocycles. The largest absolute Gasteiger partial charge is 0.389 e. The van der Waals surface area contributed by atoms with E-state index in [9.17, 15) is 0 Å². The van der Waals surface area contributed by atoms with Crippen LogP contribution in [-0.2, 0) is 0 Å². The quantitative estimate of drug-likeness (QED) is 0.769. The van der Waals surface area contributed by atoms with Crippen LogP contribution < -0.4 is 11.1 Å². The lowest BCUT2D eigenvalue weighted by molar-refractivity contribution is 0.587. The molecule has 0 saturated heterocycles. The smallest absolute Gasteiger partial charge is 0.106 e. The number of hydrogen-bond acceptors (Lipinski definition) is 2. The first-order chi connectivity index (χ1) is 8.60. The molecule has 0 amide bonds. The van der Waals surface area contributed by atoms with Gasteiger partial charge in [0.15, 0.2) is 0 Å². The molecule has 2 nitrogen and oxygen atoms in total. The van der Waals surface area contributed by atoms with Gasteiger partial charge in [-0.25, -0.2) is 0 Å². The number of benzene rings is 1. The Balaban J connectivity index is 2.14. The van der Waals surface area contributed by atoms with Crippen LogP contribution in [-0.4, -0.2) is 11.0 Å². The van der Waals surface area contributed by atoms with E-state index in [0.717, 1.165) is 23.6 Å². The first-order valence-corrected chi connectivity index (χ1v) is 7.18. The van der Waals surface area contributed by atoms with E-state index in [1.165, 1.54) is 24.8 Å². The van der Waals surface area contributed by atoms with E-state index in [2.05, 4.69) is 31.3 Å². The van der Waals surface area contributed by atoms with Crippen molar-refractivity contribution in [2.75, 3.05) is 5.32 Å². The van der Waals surface area contributed by atoms with Crippen molar-refractivity contribution in [3.05, 3.63) is 29.3 Å². The summed E-state index contributed by atoms with van der Waals surface area (Å²) in [5.41, 5.74) is 9.08. The summed E-state index contributed by atoms with van der Waals surface area (Å²) in [6.45, 7) is 4.33. The van der Waals surface area contributed by atoms with E-state index in [4.69, 9.17) is 18.0 Å². The van der Waals surface area contributed by atoms with Gasteiger partial charge in [0.05, 0.1) is 0 Å². The standard InChI is InChI=1S/C15H22N2S/c1-3-12(9-11-5-6-11)17-14-8-10(2)4-7-13(14)15(16)18/h4,7-8,11-12,17H,3,5-6,9H2,1-2H3,(H2,16,18). The second-order valence-corrected chi connectivity index (χ2v) is 5.78. The lowest BCUT2D eigenvalue weighted by Crippen LogP contribution is -2.22. The zero-order chi connectivity index (χ0) is 13.1. The van der Waals surface area contributed by atoms with E-state index >= 15 is 0 Å². The molecule has 2 rings (SSSR count). The second-order valence-electron chi connectivity index (χ2n) is 5.34.